The van der Waals surface area contributed by atoms with Gasteiger partial charge in [0.05, 0.1) is 24.7 Å². The van der Waals surface area contributed by atoms with Crippen molar-refractivity contribution in [1.82, 2.24) is 9.88 Å². The minimum Gasteiger partial charge on any atom is -0.489 e. The summed E-state index contributed by atoms with van der Waals surface area (Å²) in [4.78, 5) is 31.2. The largest absolute Gasteiger partial charge is 0.489 e. The number of benzene rings is 1. The summed E-state index contributed by atoms with van der Waals surface area (Å²) in [5, 5.41) is 5.55. The summed E-state index contributed by atoms with van der Waals surface area (Å²) in [6, 6.07) is 3.05. The van der Waals surface area contributed by atoms with Crippen molar-refractivity contribution in [3.63, 3.8) is 0 Å². The molecule has 0 aliphatic carbocycles. The molecule has 3 heterocycles. The number of aromatic nitrogens is 1. The smallest absolute Gasteiger partial charge is 0.248 e. The van der Waals surface area contributed by atoms with Crippen LogP contribution in [0.4, 0.5) is 5.13 Å². The summed E-state index contributed by atoms with van der Waals surface area (Å²) in [5.41, 5.74) is 0.741. The molecule has 7 nitrogen and oxygen atoms in total. The average molecular weight is 422 g/mol. The number of nitrogens with one attached hydrogen (secondary N) is 1. The first-order valence-electron chi connectivity index (χ1n) is 9.19. The first kappa shape index (κ1) is 19.0. The number of amides is 2. The molecule has 0 radical (unpaired) electrons. The van der Waals surface area contributed by atoms with Gasteiger partial charge in [-0.25, -0.2) is 4.98 Å². The van der Waals surface area contributed by atoms with Gasteiger partial charge in [0.2, 0.25) is 11.8 Å². The zero-order valence-electron chi connectivity index (χ0n) is 15.2. The zero-order valence-corrected chi connectivity index (χ0v) is 16.7. The van der Waals surface area contributed by atoms with E-state index in [-0.39, 0.29) is 18.2 Å². The molecule has 1 N–H and O–H groups in total. The van der Waals surface area contributed by atoms with Crippen LogP contribution in [-0.4, -0.2) is 47.5 Å². The van der Waals surface area contributed by atoms with Gasteiger partial charge in [0.15, 0.2) is 16.6 Å². The van der Waals surface area contributed by atoms with Crippen LogP contribution >= 0.6 is 22.9 Å². The molecule has 2 amide bonds. The summed E-state index contributed by atoms with van der Waals surface area (Å²) in [6.07, 6.45) is 4.00. The van der Waals surface area contributed by atoms with E-state index >= 15 is 0 Å². The normalized spacial score (nSPS) is 18.6. The van der Waals surface area contributed by atoms with Crippen LogP contribution < -0.4 is 14.8 Å². The first-order valence-corrected chi connectivity index (χ1v) is 10.5. The summed E-state index contributed by atoms with van der Waals surface area (Å²) < 4.78 is 11.3. The van der Waals surface area contributed by atoms with Crippen molar-refractivity contribution in [2.24, 2.45) is 0 Å². The van der Waals surface area contributed by atoms with Gasteiger partial charge in [0, 0.05) is 24.5 Å². The van der Waals surface area contributed by atoms with Crippen molar-refractivity contribution in [2.75, 3.05) is 25.1 Å². The molecule has 2 aliphatic rings. The number of anilines is 1. The molecule has 148 valence electrons. The number of nitrogens with zero attached hydrogens (tertiary/aromatic N) is 2. The third-order valence-corrected chi connectivity index (χ3v) is 5.72. The lowest BCUT2D eigenvalue weighted by molar-refractivity contribution is -0.136. The molecule has 0 bridgehead atoms. The second-order valence-corrected chi connectivity index (χ2v) is 8.01. The molecule has 1 aromatic heterocycles. The summed E-state index contributed by atoms with van der Waals surface area (Å²) in [5.74, 6) is 0.782. The molecule has 0 unspecified atom stereocenters. The van der Waals surface area contributed by atoms with Crippen molar-refractivity contribution in [3.05, 3.63) is 34.3 Å². The average Bonchev–Trinajstić information content (AvgIpc) is 3.30. The molecule has 2 aromatic rings. The lowest BCUT2D eigenvalue weighted by Gasteiger charge is -2.24. The van der Waals surface area contributed by atoms with Gasteiger partial charge in [0.1, 0.15) is 6.04 Å². The number of halogens is 1. The van der Waals surface area contributed by atoms with E-state index < -0.39 is 6.04 Å². The predicted molar refractivity (Wildman–Crippen MR) is 106 cm³/mol. The number of likely N-dealkylation sites (tertiary alicyclic amines) is 1. The fourth-order valence-electron chi connectivity index (χ4n) is 3.47. The Hall–Kier alpha value is -2.32. The van der Waals surface area contributed by atoms with Gasteiger partial charge in [-0.2, -0.15) is 0 Å². The fraction of sp³-hybridized carbons (Fsp3) is 0.421. The van der Waals surface area contributed by atoms with Gasteiger partial charge in [-0.15, -0.1) is 11.3 Å². The Morgan fingerprint density at radius 3 is 2.96 bits per heavy atom. The second-order valence-electron chi connectivity index (χ2n) is 6.70. The second kappa shape index (κ2) is 8.36. The summed E-state index contributed by atoms with van der Waals surface area (Å²) in [6.45, 7) is 1.66. The van der Waals surface area contributed by atoms with Crippen LogP contribution in [-0.2, 0) is 16.0 Å². The number of carbonyl (C=O) groups excluding carboxylic acids is 2. The highest BCUT2D eigenvalue weighted by Crippen LogP contribution is 2.38. The molecule has 0 saturated carbocycles. The third kappa shape index (κ3) is 4.07. The Morgan fingerprint density at radius 1 is 1.29 bits per heavy atom. The van der Waals surface area contributed by atoms with E-state index in [4.69, 9.17) is 21.1 Å². The van der Waals surface area contributed by atoms with Gasteiger partial charge in [-0.1, -0.05) is 11.6 Å². The molecule has 1 fully saturated rings. The predicted octanol–water partition coefficient (Wildman–Crippen LogP) is 3.13. The third-order valence-electron chi connectivity index (χ3n) is 4.76. The maximum absolute atomic E-state index is 12.9. The Balaban J connectivity index is 1.46. The lowest BCUT2D eigenvalue weighted by atomic mass is 10.1. The van der Waals surface area contributed by atoms with Crippen LogP contribution in [0.25, 0.3) is 0 Å². The molecular formula is C19H20ClN3O4S. The molecule has 0 spiro atoms. The SMILES string of the molecule is O=C(Nc1nccs1)[C@H]1CCCN1C(=O)Cc1cc(Cl)c2c(c1)OCCCO2. The number of carbonyl (C=O) groups is 2. The lowest BCUT2D eigenvalue weighted by Crippen LogP contribution is -2.43. The van der Waals surface area contributed by atoms with Crippen LogP contribution in [0.5, 0.6) is 11.5 Å². The van der Waals surface area contributed by atoms with Crippen molar-refractivity contribution in [2.45, 2.75) is 31.7 Å². The number of rotatable bonds is 4. The fourth-order valence-corrected chi connectivity index (χ4v) is 4.29. The summed E-state index contributed by atoms with van der Waals surface area (Å²) in [7, 11) is 0. The molecular weight excluding hydrogens is 402 g/mol. The van der Waals surface area contributed by atoms with Crippen LogP contribution in [0, 0.1) is 0 Å². The van der Waals surface area contributed by atoms with E-state index in [2.05, 4.69) is 10.3 Å². The monoisotopic (exact) mass is 421 g/mol. The topological polar surface area (TPSA) is 80.8 Å². The minimum absolute atomic E-state index is 0.109. The van der Waals surface area contributed by atoms with E-state index in [1.165, 1.54) is 11.3 Å². The first-order chi connectivity index (χ1) is 13.6. The maximum Gasteiger partial charge on any atom is 0.248 e. The van der Waals surface area contributed by atoms with Crippen molar-refractivity contribution < 1.29 is 19.1 Å². The van der Waals surface area contributed by atoms with Crippen LogP contribution in [0.1, 0.15) is 24.8 Å². The number of ether oxygens (including phenoxy) is 2. The van der Waals surface area contributed by atoms with Crippen molar-refractivity contribution in [1.29, 1.82) is 0 Å². The molecule has 1 saturated heterocycles. The van der Waals surface area contributed by atoms with E-state index in [1.807, 2.05) is 0 Å². The Bertz CT molecular complexity index is 874. The van der Waals surface area contributed by atoms with E-state index in [0.717, 1.165) is 18.4 Å². The van der Waals surface area contributed by atoms with Crippen LogP contribution in [0.2, 0.25) is 5.02 Å². The molecule has 9 heteroatoms. The Labute approximate surface area is 171 Å². The number of hydrogen-bond donors (Lipinski definition) is 1. The summed E-state index contributed by atoms with van der Waals surface area (Å²) >= 11 is 7.67. The Morgan fingerprint density at radius 2 is 2.14 bits per heavy atom. The molecule has 2 aliphatic heterocycles. The van der Waals surface area contributed by atoms with Gasteiger partial charge in [-0.3, -0.25) is 9.59 Å². The van der Waals surface area contributed by atoms with Gasteiger partial charge in [-0.05, 0) is 30.5 Å². The highest BCUT2D eigenvalue weighted by Gasteiger charge is 2.34. The minimum atomic E-state index is -0.479. The highest BCUT2D eigenvalue weighted by atomic mass is 35.5. The maximum atomic E-state index is 12.9. The van der Waals surface area contributed by atoms with Crippen LogP contribution in [0.15, 0.2) is 23.7 Å². The Kier molecular flexibility index (Phi) is 5.68. The number of thiazole rings is 1. The standard InChI is InChI=1S/C19H20ClN3O4S/c20-13-9-12(10-15-17(13)27-7-2-6-26-15)11-16(24)23-5-1-3-14(23)18(25)22-19-21-4-8-28-19/h4,8-10,14H,1-3,5-7,11H2,(H,21,22,25)/t14-/m1/s1. The van der Waals surface area contributed by atoms with Crippen molar-refractivity contribution in [3.8, 4) is 11.5 Å². The van der Waals surface area contributed by atoms with E-state index in [9.17, 15) is 9.59 Å². The van der Waals surface area contributed by atoms with Crippen molar-refractivity contribution >= 4 is 39.9 Å². The molecule has 4 rings (SSSR count). The molecule has 1 aromatic carbocycles. The highest BCUT2D eigenvalue weighted by molar-refractivity contribution is 7.13. The van der Waals surface area contributed by atoms with E-state index in [0.29, 0.717) is 47.8 Å². The van der Waals surface area contributed by atoms with Gasteiger partial charge >= 0.3 is 0 Å². The molecule has 28 heavy (non-hydrogen) atoms. The zero-order chi connectivity index (χ0) is 19.5. The van der Waals surface area contributed by atoms with Crippen LogP contribution in [0.3, 0.4) is 0 Å². The quantitative estimate of drug-likeness (QED) is 0.820. The van der Waals surface area contributed by atoms with Gasteiger partial charge in [0.25, 0.3) is 0 Å². The van der Waals surface area contributed by atoms with E-state index in [1.54, 1.807) is 28.6 Å². The van der Waals surface area contributed by atoms with Gasteiger partial charge < -0.3 is 19.7 Å². The number of fused-ring (bicyclic) bond motifs is 1. The number of hydrogen-bond acceptors (Lipinski definition) is 6. The molecule has 1 atom stereocenters.